The Morgan fingerprint density at radius 3 is 2.75 bits per heavy atom. The summed E-state index contributed by atoms with van der Waals surface area (Å²) in [4.78, 5) is 0. The average molecular weight is 191 g/mol. The summed E-state index contributed by atoms with van der Waals surface area (Å²) < 4.78 is 22.5. The predicted molar refractivity (Wildman–Crippen MR) is 41.1 cm³/mol. The van der Waals surface area contributed by atoms with Gasteiger partial charge in [0.05, 0.1) is 18.1 Å². The molecule has 12 heavy (non-hydrogen) atoms. The molecule has 1 rings (SSSR count). The summed E-state index contributed by atoms with van der Waals surface area (Å²) in [5.41, 5.74) is 0.461. The zero-order valence-corrected chi connectivity index (χ0v) is 7.32. The first-order valence-corrected chi connectivity index (χ1v) is 5.11. The summed E-state index contributed by atoms with van der Waals surface area (Å²) >= 11 is 0. The van der Waals surface area contributed by atoms with Gasteiger partial charge < -0.3 is 5.11 Å². The van der Waals surface area contributed by atoms with Gasteiger partial charge in [-0.3, -0.25) is 0 Å². The molecule has 0 unspecified atom stereocenters. The van der Waals surface area contributed by atoms with Crippen molar-refractivity contribution in [3.05, 3.63) is 11.9 Å². The normalized spacial score (nSPS) is 11.8. The molecule has 0 saturated carbocycles. The van der Waals surface area contributed by atoms with Gasteiger partial charge in [-0.05, 0) is 0 Å². The molecule has 0 aliphatic carbocycles. The highest BCUT2D eigenvalue weighted by molar-refractivity contribution is 7.89. The first kappa shape index (κ1) is 9.14. The van der Waals surface area contributed by atoms with Crippen molar-refractivity contribution in [3.63, 3.8) is 0 Å². The second kappa shape index (κ2) is 3.20. The second-order valence-corrected chi connectivity index (χ2v) is 4.16. The Kier molecular flexibility index (Phi) is 2.43. The van der Waals surface area contributed by atoms with Crippen molar-refractivity contribution in [2.24, 2.45) is 0 Å². The van der Waals surface area contributed by atoms with Crippen molar-refractivity contribution in [3.8, 4) is 0 Å². The molecule has 0 saturated heterocycles. The van der Waals surface area contributed by atoms with E-state index in [0.29, 0.717) is 12.1 Å². The molecule has 0 fully saturated rings. The Morgan fingerprint density at radius 2 is 2.33 bits per heavy atom. The predicted octanol–water partition coefficient (Wildman–Crippen LogP) is -1.38. The fourth-order valence-electron chi connectivity index (χ4n) is 0.672. The number of nitrogens with zero attached hydrogens (tertiary/aromatic N) is 3. The molecule has 0 aliphatic heterocycles. The van der Waals surface area contributed by atoms with Gasteiger partial charge in [-0.2, -0.15) is 0 Å². The second-order valence-electron chi connectivity index (χ2n) is 2.32. The van der Waals surface area contributed by atoms with E-state index in [4.69, 9.17) is 5.11 Å². The zero-order valence-electron chi connectivity index (χ0n) is 6.51. The van der Waals surface area contributed by atoms with Crippen LogP contribution >= 0.6 is 0 Å². The monoisotopic (exact) mass is 191 g/mol. The first-order chi connectivity index (χ1) is 5.54. The molecule has 0 aliphatic rings. The molecule has 1 N–H and O–H groups in total. The molecule has 0 aromatic carbocycles. The molecule has 1 heterocycles. The van der Waals surface area contributed by atoms with Crippen LogP contribution in [-0.2, 0) is 16.4 Å². The lowest BCUT2D eigenvalue weighted by Gasteiger charge is -1.91. The van der Waals surface area contributed by atoms with Crippen LogP contribution in [0.4, 0.5) is 0 Å². The van der Waals surface area contributed by atoms with Crippen molar-refractivity contribution < 1.29 is 13.5 Å². The summed E-state index contributed by atoms with van der Waals surface area (Å²) in [5.74, 6) is 0. The fourth-order valence-corrected chi connectivity index (χ4v) is 1.15. The number of aliphatic hydroxyl groups excluding tert-OH is 1. The van der Waals surface area contributed by atoms with Gasteiger partial charge >= 0.3 is 0 Å². The molecule has 1 aromatic rings. The highest BCUT2D eigenvalue weighted by Crippen LogP contribution is 1.96. The molecule has 0 atom stereocenters. The Morgan fingerprint density at radius 1 is 1.67 bits per heavy atom. The highest BCUT2D eigenvalue weighted by Gasteiger charge is 2.07. The molecular weight excluding hydrogens is 182 g/mol. The van der Waals surface area contributed by atoms with Crippen molar-refractivity contribution in [1.82, 2.24) is 14.4 Å². The number of hydrogen-bond acceptors (Lipinski definition) is 5. The van der Waals surface area contributed by atoms with Crippen LogP contribution in [0.1, 0.15) is 5.69 Å². The van der Waals surface area contributed by atoms with Crippen LogP contribution in [0.15, 0.2) is 6.20 Å². The van der Waals surface area contributed by atoms with Crippen LogP contribution in [0.25, 0.3) is 0 Å². The maximum absolute atomic E-state index is 10.8. The molecule has 68 valence electrons. The van der Waals surface area contributed by atoms with E-state index in [1.807, 2.05) is 0 Å². The smallest absolute Gasteiger partial charge is 0.252 e. The van der Waals surface area contributed by atoms with E-state index in [-0.39, 0.29) is 6.61 Å². The van der Waals surface area contributed by atoms with Gasteiger partial charge in [0.15, 0.2) is 0 Å². The number of hydrogen-bond donors (Lipinski definition) is 1. The standard InChI is InChI=1S/C5H9N3O3S/c1-12(10,11)8-4-5(2-3-9)6-7-8/h4,9H,2-3H2,1H3. The van der Waals surface area contributed by atoms with E-state index in [0.717, 1.165) is 10.3 Å². The lowest BCUT2D eigenvalue weighted by molar-refractivity contribution is 0.298. The Bertz CT molecular complexity index is 356. The third-order valence-corrected chi connectivity index (χ3v) is 2.09. The molecular formula is C5H9N3O3S. The van der Waals surface area contributed by atoms with Gasteiger partial charge in [0.1, 0.15) is 0 Å². The van der Waals surface area contributed by atoms with Gasteiger partial charge in [0.25, 0.3) is 10.0 Å². The van der Waals surface area contributed by atoms with Crippen molar-refractivity contribution in [2.75, 3.05) is 12.9 Å². The fraction of sp³-hybridized carbons (Fsp3) is 0.600. The van der Waals surface area contributed by atoms with Crippen LogP contribution < -0.4 is 0 Å². The van der Waals surface area contributed by atoms with Crippen molar-refractivity contribution in [2.45, 2.75) is 6.42 Å². The number of rotatable bonds is 3. The van der Waals surface area contributed by atoms with E-state index in [1.165, 1.54) is 6.20 Å². The van der Waals surface area contributed by atoms with Gasteiger partial charge in [0.2, 0.25) is 0 Å². The van der Waals surface area contributed by atoms with Gasteiger partial charge in [-0.25, -0.2) is 8.42 Å². The number of aromatic nitrogens is 3. The topological polar surface area (TPSA) is 85.1 Å². The van der Waals surface area contributed by atoms with Crippen molar-refractivity contribution in [1.29, 1.82) is 0 Å². The van der Waals surface area contributed by atoms with E-state index >= 15 is 0 Å². The van der Waals surface area contributed by atoms with Crippen LogP contribution in [0.3, 0.4) is 0 Å². The summed E-state index contributed by atoms with van der Waals surface area (Å²) in [6.45, 7) is -0.0670. The summed E-state index contributed by atoms with van der Waals surface area (Å²) in [6, 6.07) is 0. The SMILES string of the molecule is CS(=O)(=O)n1cc(CCO)nn1. The molecule has 0 spiro atoms. The largest absolute Gasteiger partial charge is 0.396 e. The van der Waals surface area contributed by atoms with Crippen LogP contribution in [0.5, 0.6) is 0 Å². The summed E-state index contributed by atoms with van der Waals surface area (Å²) in [7, 11) is -3.34. The third kappa shape index (κ3) is 2.02. The van der Waals surface area contributed by atoms with E-state index in [9.17, 15) is 8.42 Å². The number of aliphatic hydroxyl groups is 1. The van der Waals surface area contributed by atoms with E-state index < -0.39 is 10.0 Å². The Hall–Kier alpha value is -0.950. The van der Waals surface area contributed by atoms with Crippen LogP contribution in [0, 0.1) is 0 Å². The molecule has 6 nitrogen and oxygen atoms in total. The maximum atomic E-state index is 10.8. The quantitative estimate of drug-likeness (QED) is 0.636. The molecule has 1 aromatic heterocycles. The summed E-state index contributed by atoms with van der Waals surface area (Å²) in [6.07, 6.45) is 2.63. The average Bonchev–Trinajstić information content (AvgIpc) is 2.35. The van der Waals surface area contributed by atoms with Crippen molar-refractivity contribution >= 4 is 10.0 Å². The van der Waals surface area contributed by atoms with E-state index in [1.54, 1.807) is 0 Å². The molecule has 0 bridgehead atoms. The molecule has 0 amide bonds. The van der Waals surface area contributed by atoms with E-state index in [2.05, 4.69) is 10.3 Å². The van der Waals surface area contributed by atoms with Crippen LogP contribution in [-0.4, -0.2) is 40.8 Å². The Balaban J connectivity index is 2.92. The molecule has 7 heteroatoms. The Labute approximate surface area is 69.9 Å². The molecule has 0 radical (unpaired) electrons. The van der Waals surface area contributed by atoms with Gasteiger partial charge in [0, 0.05) is 13.0 Å². The first-order valence-electron chi connectivity index (χ1n) is 3.26. The minimum Gasteiger partial charge on any atom is -0.396 e. The van der Waals surface area contributed by atoms with Gasteiger partial charge in [-0.1, -0.05) is 5.21 Å². The highest BCUT2D eigenvalue weighted by atomic mass is 32.2. The minimum atomic E-state index is -3.34. The lowest BCUT2D eigenvalue weighted by Crippen LogP contribution is -2.10. The zero-order chi connectivity index (χ0) is 9.19. The maximum Gasteiger partial charge on any atom is 0.252 e. The lowest BCUT2D eigenvalue weighted by atomic mass is 10.4. The summed E-state index contributed by atoms with van der Waals surface area (Å²) in [5, 5.41) is 15.4. The van der Waals surface area contributed by atoms with Crippen LogP contribution in [0.2, 0.25) is 0 Å². The van der Waals surface area contributed by atoms with Gasteiger partial charge in [-0.15, -0.1) is 9.19 Å². The third-order valence-electron chi connectivity index (χ3n) is 1.23. The minimum absolute atomic E-state index is 0.0670.